The first kappa shape index (κ1) is 31.5. The molecule has 0 aliphatic carbocycles. The number of hydrogen-bond acceptors (Lipinski definition) is 5. The van der Waals surface area contributed by atoms with Crippen LogP contribution in [0.4, 0.5) is 17.6 Å². The predicted molar refractivity (Wildman–Crippen MR) is 153 cm³/mol. The number of aromatic nitrogens is 1. The number of carbonyl (C=O) groups excluding carboxylic acids is 3. The van der Waals surface area contributed by atoms with Crippen LogP contribution in [0.15, 0.2) is 42.6 Å². The fourth-order valence-corrected chi connectivity index (χ4v) is 5.87. The van der Waals surface area contributed by atoms with Gasteiger partial charge in [0, 0.05) is 69.0 Å². The van der Waals surface area contributed by atoms with E-state index in [1.54, 1.807) is 35.2 Å². The normalized spacial score (nSPS) is 16.4. The van der Waals surface area contributed by atoms with Crippen molar-refractivity contribution in [1.82, 2.24) is 19.7 Å². The number of methoxy groups -OCH3 is 1. The molecule has 0 saturated carbocycles. The number of fused-ring (bicyclic) bond motifs is 1. The van der Waals surface area contributed by atoms with Crippen molar-refractivity contribution in [1.29, 1.82) is 0 Å². The van der Waals surface area contributed by atoms with Gasteiger partial charge in [0.15, 0.2) is 0 Å². The molecule has 1 N–H and O–H groups in total. The maximum Gasteiger partial charge on any atom is 0.471 e. The zero-order valence-electron chi connectivity index (χ0n) is 24.3. The molecule has 0 bridgehead atoms. The molecule has 0 spiro atoms. The summed E-state index contributed by atoms with van der Waals surface area (Å²) < 4.78 is 65.1. The summed E-state index contributed by atoms with van der Waals surface area (Å²) in [6, 6.07) is 9.40. The molecule has 5 rings (SSSR count). The molecule has 236 valence electrons. The van der Waals surface area contributed by atoms with Gasteiger partial charge in [-0.05, 0) is 48.1 Å². The van der Waals surface area contributed by atoms with Crippen LogP contribution < -0.4 is 5.32 Å². The number of nitrogens with one attached hydrogen (secondary N) is 1. The lowest BCUT2D eigenvalue weighted by molar-refractivity contribution is -0.173. The lowest BCUT2D eigenvalue weighted by atomic mass is 9.88. The van der Waals surface area contributed by atoms with E-state index >= 15 is 0 Å². The van der Waals surface area contributed by atoms with Crippen molar-refractivity contribution in [2.75, 3.05) is 53.1 Å². The molecule has 0 atom stereocenters. The first-order valence-corrected chi connectivity index (χ1v) is 14.5. The zero-order chi connectivity index (χ0) is 31.4. The van der Waals surface area contributed by atoms with Gasteiger partial charge < -0.3 is 29.2 Å². The van der Waals surface area contributed by atoms with Crippen molar-refractivity contribution in [3.05, 3.63) is 70.7 Å². The van der Waals surface area contributed by atoms with Crippen molar-refractivity contribution in [3.63, 3.8) is 0 Å². The second-order valence-corrected chi connectivity index (χ2v) is 10.9. The number of hydrogen-bond donors (Lipinski definition) is 1. The molecule has 2 saturated heterocycles. The van der Waals surface area contributed by atoms with E-state index in [-0.39, 0.29) is 24.3 Å². The fraction of sp³-hybridized carbons (Fsp3) is 0.452. The van der Waals surface area contributed by atoms with Crippen LogP contribution in [0.5, 0.6) is 0 Å². The first-order valence-electron chi connectivity index (χ1n) is 14.5. The Bertz CT molecular complexity index is 1530. The van der Waals surface area contributed by atoms with Gasteiger partial charge >= 0.3 is 12.1 Å². The number of likely N-dealkylation sites (tertiary alicyclic amines) is 1. The van der Waals surface area contributed by atoms with Crippen LogP contribution in [-0.4, -0.2) is 91.4 Å². The Labute approximate surface area is 251 Å². The summed E-state index contributed by atoms with van der Waals surface area (Å²) in [6.07, 6.45) is -2.38. The van der Waals surface area contributed by atoms with Gasteiger partial charge in [0.05, 0.1) is 25.4 Å². The number of rotatable bonds is 8. The Kier molecular flexibility index (Phi) is 9.54. The maximum absolute atomic E-state index is 14.8. The summed E-state index contributed by atoms with van der Waals surface area (Å²) in [5, 5.41) is 2.38. The summed E-state index contributed by atoms with van der Waals surface area (Å²) in [5.41, 5.74) is 2.27. The van der Waals surface area contributed by atoms with Crippen LogP contribution in [0, 0.1) is 5.82 Å². The van der Waals surface area contributed by atoms with Gasteiger partial charge in [-0.1, -0.05) is 18.2 Å². The number of nitrogens with zero attached hydrogens (tertiary/aromatic N) is 3. The Morgan fingerprint density at radius 3 is 2.34 bits per heavy atom. The topological polar surface area (TPSA) is 93.1 Å². The average Bonchev–Trinajstić information content (AvgIpc) is 3.41. The number of morpholine rings is 1. The highest BCUT2D eigenvalue weighted by Gasteiger charge is 2.38. The molecular formula is C31H34F4N4O5. The Balaban J connectivity index is 1.35. The average molecular weight is 619 g/mol. The van der Waals surface area contributed by atoms with Crippen molar-refractivity contribution in [2.24, 2.45) is 0 Å². The van der Waals surface area contributed by atoms with Crippen LogP contribution in [0.1, 0.15) is 50.6 Å². The Morgan fingerprint density at radius 1 is 0.977 bits per heavy atom. The second kappa shape index (κ2) is 13.3. The smallest absolute Gasteiger partial charge is 0.383 e. The van der Waals surface area contributed by atoms with Crippen LogP contribution >= 0.6 is 0 Å². The number of piperidine rings is 1. The first-order chi connectivity index (χ1) is 21.1. The van der Waals surface area contributed by atoms with Gasteiger partial charge in [0.1, 0.15) is 5.82 Å². The van der Waals surface area contributed by atoms with E-state index in [1.807, 2.05) is 16.0 Å². The molecule has 2 fully saturated rings. The third kappa shape index (κ3) is 6.73. The van der Waals surface area contributed by atoms with Crippen molar-refractivity contribution >= 4 is 28.6 Å². The van der Waals surface area contributed by atoms with Crippen LogP contribution in [0.2, 0.25) is 0 Å². The number of alkyl halides is 3. The van der Waals surface area contributed by atoms with Crippen LogP contribution in [0.3, 0.4) is 0 Å². The van der Waals surface area contributed by atoms with E-state index in [2.05, 4.69) is 0 Å². The molecule has 3 aromatic rings. The minimum atomic E-state index is -5.01. The molecular weight excluding hydrogens is 584 g/mol. The van der Waals surface area contributed by atoms with Gasteiger partial charge in [-0.15, -0.1) is 0 Å². The molecule has 1 aromatic heterocycles. The van der Waals surface area contributed by atoms with E-state index in [0.717, 1.165) is 5.52 Å². The predicted octanol–water partition coefficient (Wildman–Crippen LogP) is 4.10. The molecule has 13 heteroatoms. The molecule has 3 amide bonds. The molecule has 44 heavy (non-hydrogen) atoms. The zero-order valence-corrected chi connectivity index (χ0v) is 24.3. The van der Waals surface area contributed by atoms with Crippen molar-refractivity contribution in [2.45, 2.75) is 38.0 Å². The highest BCUT2D eigenvalue weighted by Crippen LogP contribution is 2.33. The molecule has 2 aliphatic rings. The van der Waals surface area contributed by atoms with Gasteiger partial charge in [-0.25, -0.2) is 4.39 Å². The molecule has 9 nitrogen and oxygen atoms in total. The minimum absolute atomic E-state index is 0.169. The highest BCUT2D eigenvalue weighted by molar-refractivity contribution is 6.15. The molecule has 2 aliphatic heterocycles. The van der Waals surface area contributed by atoms with E-state index in [4.69, 9.17) is 9.47 Å². The van der Waals surface area contributed by atoms with Gasteiger partial charge in [-0.3, -0.25) is 14.4 Å². The van der Waals surface area contributed by atoms with Crippen LogP contribution in [0.25, 0.3) is 10.9 Å². The highest BCUT2D eigenvalue weighted by atomic mass is 19.4. The van der Waals surface area contributed by atoms with Crippen molar-refractivity contribution in [3.8, 4) is 0 Å². The van der Waals surface area contributed by atoms with Gasteiger partial charge in [0.25, 0.3) is 11.8 Å². The number of carbonyl (C=O) groups is 3. The number of amides is 3. The maximum atomic E-state index is 14.8. The minimum Gasteiger partial charge on any atom is -0.383 e. The van der Waals surface area contributed by atoms with Crippen molar-refractivity contribution < 1.29 is 41.4 Å². The Morgan fingerprint density at radius 2 is 1.66 bits per heavy atom. The molecule has 0 unspecified atom stereocenters. The fourth-order valence-electron chi connectivity index (χ4n) is 5.87. The summed E-state index contributed by atoms with van der Waals surface area (Å²) in [5.74, 6) is -3.23. The monoisotopic (exact) mass is 618 g/mol. The lowest BCUT2D eigenvalue weighted by Crippen LogP contribution is -2.41. The summed E-state index contributed by atoms with van der Waals surface area (Å²) in [6.45, 7) is 2.97. The van der Waals surface area contributed by atoms with Crippen LogP contribution in [-0.2, 0) is 27.4 Å². The SMILES string of the molecule is COCCn1cc(C(=O)N2CCC(c3cc(CNC(=O)C(F)(F)F)ccc3F)CC2)c2c(C(=O)N3CCOCC3)cccc21. The molecule has 0 radical (unpaired) electrons. The van der Waals surface area contributed by atoms with E-state index < -0.39 is 17.9 Å². The summed E-state index contributed by atoms with van der Waals surface area (Å²) >= 11 is 0. The van der Waals surface area contributed by atoms with E-state index in [9.17, 15) is 31.9 Å². The Hall–Kier alpha value is -3.97. The number of benzene rings is 2. The number of ether oxygens (including phenoxy) is 2. The third-order valence-corrected chi connectivity index (χ3v) is 8.19. The number of halogens is 4. The lowest BCUT2D eigenvalue weighted by Gasteiger charge is -2.32. The molecule has 3 heterocycles. The largest absolute Gasteiger partial charge is 0.471 e. The summed E-state index contributed by atoms with van der Waals surface area (Å²) in [4.78, 5) is 42.2. The van der Waals surface area contributed by atoms with Gasteiger partial charge in [-0.2, -0.15) is 13.2 Å². The summed E-state index contributed by atoms with van der Waals surface area (Å²) in [7, 11) is 1.59. The van der Waals surface area contributed by atoms with E-state index in [1.165, 1.54) is 18.2 Å². The molecule has 2 aromatic carbocycles. The van der Waals surface area contributed by atoms with E-state index in [0.29, 0.717) is 93.0 Å². The third-order valence-electron chi connectivity index (χ3n) is 8.19. The quantitative estimate of drug-likeness (QED) is 0.384. The standard InChI is InChI=1S/C31H34F4N4O5/c1-43-14-11-39-19-24(27-22(3-2-4-26(27)39)28(40)38-12-15-44-16-13-38)29(41)37-9-7-21(8-10-37)23-17-20(5-6-25(23)32)18-36-30(42)31(33,34)35/h2-6,17,19,21H,7-16,18H2,1H3,(H,36,42). The van der Waals surface area contributed by atoms with Gasteiger partial charge in [0.2, 0.25) is 0 Å². The second-order valence-electron chi connectivity index (χ2n) is 10.9.